The number of carboxylic acids is 1. The Morgan fingerprint density at radius 2 is 2.36 bits per heavy atom. The van der Waals surface area contributed by atoms with E-state index >= 15 is 0 Å². The van der Waals surface area contributed by atoms with Gasteiger partial charge in [-0.3, -0.25) is 0 Å². The van der Waals surface area contributed by atoms with Crippen molar-refractivity contribution in [1.29, 1.82) is 0 Å². The number of rotatable bonds is 1. The Balaban J connectivity index is 3.23. The summed E-state index contributed by atoms with van der Waals surface area (Å²) >= 11 is 8.32. The maximum Gasteiger partial charge on any atom is 0.355 e. The van der Waals surface area contributed by atoms with Gasteiger partial charge in [0.15, 0.2) is 5.69 Å². The molecule has 1 N–H and O–H groups in total. The second-order valence-electron chi connectivity index (χ2n) is 1.64. The SMILES string of the molecule is O=C(O)c1nc(Cl)ncc1Br. The first-order valence-corrected chi connectivity index (χ1v) is 3.69. The number of halogens is 2. The van der Waals surface area contributed by atoms with Crippen molar-refractivity contribution in [3.05, 3.63) is 21.6 Å². The normalized spacial score (nSPS) is 9.64. The highest BCUT2D eigenvalue weighted by Crippen LogP contribution is 2.14. The van der Waals surface area contributed by atoms with Crippen molar-refractivity contribution in [2.45, 2.75) is 0 Å². The average Bonchev–Trinajstić information content (AvgIpc) is 1.94. The summed E-state index contributed by atoms with van der Waals surface area (Å²) in [6.45, 7) is 0. The van der Waals surface area contributed by atoms with Crippen molar-refractivity contribution in [1.82, 2.24) is 9.97 Å². The molecule has 11 heavy (non-hydrogen) atoms. The Morgan fingerprint density at radius 3 is 2.82 bits per heavy atom. The van der Waals surface area contributed by atoms with Crippen LogP contribution in [0.2, 0.25) is 5.28 Å². The van der Waals surface area contributed by atoms with E-state index in [4.69, 9.17) is 16.7 Å². The Labute approximate surface area is 75.4 Å². The predicted octanol–water partition coefficient (Wildman–Crippen LogP) is 1.59. The van der Waals surface area contributed by atoms with Gasteiger partial charge < -0.3 is 5.11 Å². The first-order chi connectivity index (χ1) is 5.11. The molecule has 0 aliphatic heterocycles. The minimum Gasteiger partial charge on any atom is -0.476 e. The quantitative estimate of drug-likeness (QED) is 0.754. The molecule has 0 aliphatic rings. The molecule has 0 bridgehead atoms. The summed E-state index contributed by atoms with van der Waals surface area (Å²) in [5.41, 5.74) is -0.134. The smallest absolute Gasteiger partial charge is 0.355 e. The number of nitrogens with zero attached hydrogens (tertiary/aromatic N) is 2. The van der Waals surface area contributed by atoms with Gasteiger partial charge in [0.25, 0.3) is 0 Å². The lowest BCUT2D eigenvalue weighted by molar-refractivity contribution is 0.0689. The van der Waals surface area contributed by atoms with Crippen LogP contribution in [0.1, 0.15) is 10.5 Å². The van der Waals surface area contributed by atoms with Crippen LogP contribution in [0, 0.1) is 0 Å². The largest absolute Gasteiger partial charge is 0.476 e. The van der Waals surface area contributed by atoms with Gasteiger partial charge in [-0.05, 0) is 27.5 Å². The first-order valence-electron chi connectivity index (χ1n) is 2.52. The van der Waals surface area contributed by atoms with E-state index in [1.165, 1.54) is 6.20 Å². The van der Waals surface area contributed by atoms with Crippen LogP contribution >= 0.6 is 27.5 Å². The highest BCUT2D eigenvalue weighted by Gasteiger charge is 2.10. The third-order valence-electron chi connectivity index (χ3n) is 0.917. The van der Waals surface area contributed by atoms with E-state index in [0.29, 0.717) is 4.47 Å². The Hall–Kier alpha value is -0.680. The molecule has 0 atom stereocenters. The van der Waals surface area contributed by atoms with Crippen LogP contribution in [0.3, 0.4) is 0 Å². The van der Waals surface area contributed by atoms with Crippen molar-refractivity contribution in [2.24, 2.45) is 0 Å². The maximum absolute atomic E-state index is 10.4. The van der Waals surface area contributed by atoms with Gasteiger partial charge in [-0.15, -0.1) is 0 Å². The second-order valence-corrected chi connectivity index (χ2v) is 2.83. The van der Waals surface area contributed by atoms with Crippen molar-refractivity contribution in [3.63, 3.8) is 0 Å². The Kier molecular flexibility index (Phi) is 2.41. The molecule has 1 aromatic heterocycles. The lowest BCUT2D eigenvalue weighted by Gasteiger charge is -1.95. The van der Waals surface area contributed by atoms with Gasteiger partial charge in [0.2, 0.25) is 5.28 Å². The van der Waals surface area contributed by atoms with Gasteiger partial charge in [0, 0.05) is 6.20 Å². The molecule has 0 spiro atoms. The monoisotopic (exact) mass is 236 g/mol. The molecule has 6 heteroatoms. The highest BCUT2D eigenvalue weighted by atomic mass is 79.9. The Bertz CT molecular complexity index is 305. The molecule has 4 nitrogen and oxygen atoms in total. The highest BCUT2D eigenvalue weighted by molar-refractivity contribution is 9.10. The summed E-state index contributed by atoms with van der Waals surface area (Å²) < 4.78 is 0.314. The third kappa shape index (κ3) is 1.87. The summed E-state index contributed by atoms with van der Waals surface area (Å²) in [6, 6.07) is 0. The van der Waals surface area contributed by atoms with E-state index < -0.39 is 5.97 Å². The standard InChI is InChI=1S/C5H2BrClN2O2/c6-2-1-8-5(7)9-3(2)4(10)11/h1H,(H,10,11). The summed E-state index contributed by atoms with van der Waals surface area (Å²) in [7, 11) is 0. The molecule has 0 radical (unpaired) electrons. The molecule has 0 saturated heterocycles. The lowest BCUT2D eigenvalue weighted by Crippen LogP contribution is -2.02. The van der Waals surface area contributed by atoms with Gasteiger partial charge in [-0.2, -0.15) is 0 Å². The molecule has 1 rings (SSSR count). The zero-order valence-electron chi connectivity index (χ0n) is 5.08. The molecule has 0 unspecified atom stereocenters. The minimum absolute atomic E-state index is 0.0781. The molecule has 0 fully saturated rings. The van der Waals surface area contributed by atoms with Crippen molar-refractivity contribution in [3.8, 4) is 0 Å². The molecule has 0 aromatic carbocycles. The summed E-state index contributed by atoms with van der Waals surface area (Å²) in [5.74, 6) is -1.14. The second kappa shape index (κ2) is 3.15. The van der Waals surface area contributed by atoms with Crippen molar-refractivity contribution in [2.75, 3.05) is 0 Å². The first kappa shape index (κ1) is 8.42. The lowest BCUT2D eigenvalue weighted by atomic mass is 10.4. The number of hydrogen-bond acceptors (Lipinski definition) is 3. The number of carboxylic acid groups (broad SMARTS) is 1. The van der Waals surface area contributed by atoms with Crippen LogP contribution in [0.25, 0.3) is 0 Å². The van der Waals surface area contributed by atoms with Gasteiger partial charge in [-0.1, -0.05) is 0 Å². The van der Waals surface area contributed by atoms with Crippen LogP contribution < -0.4 is 0 Å². The zero-order valence-corrected chi connectivity index (χ0v) is 7.43. The van der Waals surface area contributed by atoms with Gasteiger partial charge in [-0.25, -0.2) is 14.8 Å². The molecule has 0 aliphatic carbocycles. The van der Waals surface area contributed by atoms with Crippen LogP contribution in [0.5, 0.6) is 0 Å². The van der Waals surface area contributed by atoms with Crippen LogP contribution in [-0.2, 0) is 0 Å². The molecule has 0 saturated carbocycles. The fourth-order valence-corrected chi connectivity index (χ4v) is 0.990. The van der Waals surface area contributed by atoms with E-state index in [9.17, 15) is 4.79 Å². The van der Waals surface area contributed by atoms with Crippen LogP contribution in [0.4, 0.5) is 0 Å². The third-order valence-corrected chi connectivity index (χ3v) is 1.68. The fraction of sp³-hybridized carbons (Fsp3) is 0. The van der Waals surface area contributed by atoms with Crippen LogP contribution in [-0.4, -0.2) is 21.0 Å². The van der Waals surface area contributed by atoms with Crippen LogP contribution in [0.15, 0.2) is 10.7 Å². The van der Waals surface area contributed by atoms with E-state index in [1.807, 2.05) is 0 Å². The van der Waals surface area contributed by atoms with Crippen molar-refractivity contribution < 1.29 is 9.90 Å². The van der Waals surface area contributed by atoms with E-state index in [0.717, 1.165) is 0 Å². The van der Waals surface area contributed by atoms with E-state index in [-0.39, 0.29) is 11.0 Å². The average molecular weight is 237 g/mol. The van der Waals surface area contributed by atoms with Crippen molar-refractivity contribution >= 4 is 33.5 Å². The molecular formula is C5H2BrClN2O2. The number of hydrogen-bond donors (Lipinski definition) is 1. The van der Waals surface area contributed by atoms with E-state index in [2.05, 4.69) is 25.9 Å². The topological polar surface area (TPSA) is 63.1 Å². The molecular weight excluding hydrogens is 235 g/mol. The number of carbonyl (C=O) groups is 1. The summed E-state index contributed by atoms with van der Waals surface area (Å²) in [6.07, 6.45) is 1.29. The number of aromatic carboxylic acids is 1. The zero-order chi connectivity index (χ0) is 8.43. The Morgan fingerprint density at radius 1 is 1.73 bits per heavy atom. The molecule has 1 aromatic rings. The van der Waals surface area contributed by atoms with Gasteiger partial charge >= 0.3 is 5.97 Å². The molecule has 1 heterocycles. The van der Waals surface area contributed by atoms with Gasteiger partial charge in [0.05, 0.1) is 4.47 Å². The summed E-state index contributed by atoms with van der Waals surface area (Å²) in [5, 5.41) is 8.43. The van der Waals surface area contributed by atoms with E-state index in [1.54, 1.807) is 0 Å². The fourth-order valence-electron chi connectivity index (χ4n) is 0.496. The maximum atomic E-state index is 10.4. The molecule has 58 valence electrons. The van der Waals surface area contributed by atoms with Gasteiger partial charge in [0.1, 0.15) is 0 Å². The predicted molar refractivity (Wildman–Crippen MR) is 41.7 cm³/mol. The minimum atomic E-state index is -1.14. The molecule has 0 amide bonds. The number of aromatic nitrogens is 2. The summed E-state index contributed by atoms with van der Waals surface area (Å²) in [4.78, 5) is 17.4.